The van der Waals surface area contributed by atoms with Crippen LogP contribution in [-0.2, 0) is 9.53 Å². The number of likely N-dealkylation sites (tertiary alicyclic amines) is 1. The maximum atomic E-state index is 12.9. The van der Waals surface area contributed by atoms with Crippen LogP contribution in [0.2, 0.25) is 0 Å². The van der Waals surface area contributed by atoms with E-state index in [1.165, 1.54) is 24.3 Å². The minimum atomic E-state index is -0.367. The number of halogens is 1. The van der Waals surface area contributed by atoms with Crippen molar-refractivity contribution >= 4 is 11.7 Å². The summed E-state index contributed by atoms with van der Waals surface area (Å²) >= 11 is 0. The lowest BCUT2D eigenvalue weighted by Crippen LogP contribution is -2.48. The van der Waals surface area contributed by atoms with Crippen LogP contribution in [0.25, 0.3) is 0 Å². The SMILES string of the molecule is COC1[C@@H]2CC[C@H]1CN(C(=O)CCC(=O)c1ccc(F)cc1)C2. The van der Waals surface area contributed by atoms with Crippen LogP contribution >= 0.6 is 0 Å². The van der Waals surface area contributed by atoms with Gasteiger partial charge in [0.05, 0.1) is 6.10 Å². The van der Waals surface area contributed by atoms with Gasteiger partial charge in [0.1, 0.15) is 5.82 Å². The minimum Gasteiger partial charge on any atom is -0.381 e. The number of carbonyl (C=O) groups is 2. The number of piperidine rings is 1. The first-order chi connectivity index (χ1) is 11.1. The molecular weight excluding hydrogens is 297 g/mol. The molecule has 0 spiro atoms. The molecule has 0 N–H and O–H groups in total. The van der Waals surface area contributed by atoms with Crippen LogP contribution in [0.1, 0.15) is 36.0 Å². The van der Waals surface area contributed by atoms with Gasteiger partial charge in [-0.25, -0.2) is 4.39 Å². The summed E-state index contributed by atoms with van der Waals surface area (Å²) in [5, 5.41) is 0. The van der Waals surface area contributed by atoms with Crippen molar-refractivity contribution in [2.75, 3.05) is 20.2 Å². The van der Waals surface area contributed by atoms with Crippen LogP contribution in [0.3, 0.4) is 0 Å². The third-order valence-corrected chi connectivity index (χ3v) is 5.10. The van der Waals surface area contributed by atoms with Gasteiger partial charge in [0, 0.05) is 50.4 Å². The van der Waals surface area contributed by atoms with E-state index in [1.54, 1.807) is 7.11 Å². The zero-order chi connectivity index (χ0) is 16.4. The van der Waals surface area contributed by atoms with E-state index in [0.717, 1.165) is 25.9 Å². The molecule has 1 aliphatic heterocycles. The van der Waals surface area contributed by atoms with Crippen molar-refractivity contribution in [2.24, 2.45) is 11.8 Å². The molecule has 1 saturated heterocycles. The zero-order valence-electron chi connectivity index (χ0n) is 13.3. The highest BCUT2D eigenvalue weighted by molar-refractivity contribution is 5.97. The number of fused-ring (bicyclic) bond motifs is 2. The Morgan fingerprint density at radius 1 is 1.13 bits per heavy atom. The average Bonchev–Trinajstić information content (AvgIpc) is 2.80. The molecule has 0 aromatic heterocycles. The second-order valence-electron chi connectivity index (χ2n) is 6.53. The van der Waals surface area contributed by atoms with E-state index in [1.807, 2.05) is 4.90 Å². The Hall–Kier alpha value is -1.75. The zero-order valence-corrected chi connectivity index (χ0v) is 13.3. The van der Waals surface area contributed by atoms with Crippen molar-refractivity contribution in [1.29, 1.82) is 0 Å². The lowest BCUT2D eigenvalue weighted by atomic mass is 9.94. The molecule has 4 nitrogen and oxygen atoms in total. The Labute approximate surface area is 135 Å². The van der Waals surface area contributed by atoms with Gasteiger partial charge in [-0.2, -0.15) is 0 Å². The molecule has 2 aliphatic rings. The van der Waals surface area contributed by atoms with Gasteiger partial charge in [0.2, 0.25) is 5.91 Å². The summed E-state index contributed by atoms with van der Waals surface area (Å²) in [4.78, 5) is 26.3. The summed E-state index contributed by atoms with van der Waals surface area (Å²) in [6.07, 6.45) is 2.89. The number of Topliss-reactive ketones (excluding diaryl/α,β-unsaturated/α-hetero) is 1. The number of ether oxygens (including phenoxy) is 1. The van der Waals surface area contributed by atoms with E-state index in [9.17, 15) is 14.0 Å². The quantitative estimate of drug-likeness (QED) is 0.784. The molecule has 1 unspecified atom stereocenters. The van der Waals surface area contributed by atoms with Crippen molar-refractivity contribution in [3.8, 4) is 0 Å². The summed E-state index contributed by atoms with van der Waals surface area (Å²) in [5.41, 5.74) is 0.456. The summed E-state index contributed by atoms with van der Waals surface area (Å²) in [6, 6.07) is 5.46. The van der Waals surface area contributed by atoms with Gasteiger partial charge in [0.15, 0.2) is 5.78 Å². The van der Waals surface area contributed by atoms with Crippen LogP contribution in [0.15, 0.2) is 24.3 Å². The van der Waals surface area contributed by atoms with E-state index in [4.69, 9.17) is 4.74 Å². The van der Waals surface area contributed by atoms with Crippen molar-refractivity contribution in [3.05, 3.63) is 35.6 Å². The molecule has 2 bridgehead atoms. The third kappa shape index (κ3) is 3.44. The van der Waals surface area contributed by atoms with E-state index < -0.39 is 0 Å². The number of benzene rings is 1. The number of rotatable bonds is 5. The molecule has 1 amide bonds. The first kappa shape index (κ1) is 16.1. The van der Waals surface area contributed by atoms with Gasteiger partial charge < -0.3 is 9.64 Å². The van der Waals surface area contributed by atoms with Crippen LogP contribution in [-0.4, -0.2) is 42.9 Å². The van der Waals surface area contributed by atoms with Crippen LogP contribution in [0.5, 0.6) is 0 Å². The Balaban J connectivity index is 1.52. The summed E-state index contributed by atoms with van der Waals surface area (Å²) in [7, 11) is 1.74. The molecule has 1 aliphatic carbocycles. The number of amides is 1. The van der Waals surface area contributed by atoms with Crippen LogP contribution in [0.4, 0.5) is 4.39 Å². The predicted octanol–water partition coefficient (Wildman–Crippen LogP) is 2.67. The maximum Gasteiger partial charge on any atom is 0.223 e. The number of methoxy groups -OCH3 is 1. The number of carbonyl (C=O) groups excluding carboxylic acids is 2. The van der Waals surface area contributed by atoms with Gasteiger partial charge in [-0.3, -0.25) is 9.59 Å². The standard InChI is InChI=1S/C18H22FNO3/c1-23-18-13-2-3-14(18)11-20(10-13)17(22)9-8-16(21)12-4-6-15(19)7-5-12/h4-7,13-14,18H,2-3,8-11H2,1H3/t13-,14+,18?. The number of hydrogen-bond donors (Lipinski definition) is 0. The van der Waals surface area contributed by atoms with Crippen molar-refractivity contribution < 1.29 is 18.7 Å². The van der Waals surface area contributed by atoms with E-state index in [-0.39, 0.29) is 36.5 Å². The molecule has 3 atom stereocenters. The third-order valence-electron chi connectivity index (χ3n) is 5.10. The first-order valence-corrected chi connectivity index (χ1v) is 8.18. The van der Waals surface area contributed by atoms with Crippen molar-refractivity contribution in [3.63, 3.8) is 0 Å². The summed E-state index contributed by atoms with van der Waals surface area (Å²) in [5.74, 6) is 0.403. The van der Waals surface area contributed by atoms with E-state index in [2.05, 4.69) is 0 Å². The topological polar surface area (TPSA) is 46.6 Å². The first-order valence-electron chi connectivity index (χ1n) is 8.18. The highest BCUT2D eigenvalue weighted by Gasteiger charge is 2.43. The van der Waals surface area contributed by atoms with Crippen molar-refractivity contribution in [2.45, 2.75) is 31.8 Å². The number of hydrogen-bond acceptors (Lipinski definition) is 3. The molecule has 124 valence electrons. The molecule has 2 fully saturated rings. The molecule has 23 heavy (non-hydrogen) atoms. The fourth-order valence-electron chi connectivity index (χ4n) is 3.92. The molecule has 1 heterocycles. The Kier molecular flexibility index (Phi) is 4.76. The van der Waals surface area contributed by atoms with Crippen LogP contribution < -0.4 is 0 Å². The van der Waals surface area contributed by atoms with Crippen LogP contribution in [0, 0.1) is 17.7 Å². The molecule has 1 aromatic carbocycles. The average molecular weight is 319 g/mol. The fourth-order valence-corrected chi connectivity index (χ4v) is 3.92. The maximum absolute atomic E-state index is 12.9. The number of nitrogens with zero attached hydrogens (tertiary/aromatic N) is 1. The monoisotopic (exact) mass is 319 g/mol. The largest absolute Gasteiger partial charge is 0.381 e. The van der Waals surface area contributed by atoms with Gasteiger partial charge in [-0.1, -0.05) is 0 Å². The fraction of sp³-hybridized carbons (Fsp3) is 0.556. The van der Waals surface area contributed by atoms with E-state index in [0.29, 0.717) is 17.4 Å². The molecule has 0 radical (unpaired) electrons. The van der Waals surface area contributed by atoms with Gasteiger partial charge >= 0.3 is 0 Å². The predicted molar refractivity (Wildman–Crippen MR) is 83.6 cm³/mol. The van der Waals surface area contributed by atoms with Gasteiger partial charge in [0.25, 0.3) is 0 Å². The highest BCUT2D eigenvalue weighted by Crippen LogP contribution is 2.38. The lowest BCUT2D eigenvalue weighted by molar-refractivity contribution is -0.136. The van der Waals surface area contributed by atoms with Crippen molar-refractivity contribution in [1.82, 2.24) is 4.90 Å². The second-order valence-corrected chi connectivity index (χ2v) is 6.53. The molecule has 1 aromatic rings. The molecule has 1 saturated carbocycles. The smallest absolute Gasteiger partial charge is 0.223 e. The van der Waals surface area contributed by atoms with Gasteiger partial charge in [-0.15, -0.1) is 0 Å². The second kappa shape index (κ2) is 6.79. The van der Waals surface area contributed by atoms with Gasteiger partial charge in [-0.05, 0) is 37.1 Å². The molecule has 3 rings (SSSR count). The Bertz CT molecular complexity index is 572. The number of ketones is 1. The molecular formula is C18H22FNO3. The Morgan fingerprint density at radius 2 is 1.74 bits per heavy atom. The lowest BCUT2D eigenvalue weighted by Gasteiger charge is -2.37. The summed E-state index contributed by atoms with van der Waals surface area (Å²) < 4.78 is 18.4. The summed E-state index contributed by atoms with van der Waals surface area (Å²) in [6.45, 7) is 1.47. The Morgan fingerprint density at radius 3 is 2.30 bits per heavy atom. The molecule has 5 heteroatoms. The van der Waals surface area contributed by atoms with E-state index >= 15 is 0 Å². The minimum absolute atomic E-state index is 0.0342. The normalized spacial score (nSPS) is 26.3. The highest BCUT2D eigenvalue weighted by atomic mass is 19.1.